The van der Waals surface area contributed by atoms with Gasteiger partial charge in [0.2, 0.25) is 0 Å². The molecule has 0 bridgehead atoms. The Morgan fingerprint density at radius 1 is 1.08 bits per heavy atom. The van der Waals surface area contributed by atoms with Gasteiger partial charge in [-0.05, 0) is 117 Å². The summed E-state index contributed by atoms with van der Waals surface area (Å²) in [7, 11) is 1.82. The Balaban J connectivity index is 1.41. The summed E-state index contributed by atoms with van der Waals surface area (Å²) in [5.41, 5.74) is 6.52. The van der Waals surface area contributed by atoms with Gasteiger partial charge in [-0.3, -0.25) is 4.90 Å². The van der Waals surface area contributed by atoms with Crippen molar-refractivity contribution in [3.05, 3.63) is 59.2 Å². The molecule has 3 heteroatoms. The normalized spacial score (nSPS) is 35.1. The minimum atomic E-state index is 0.182. The smallest absolute Gasteiger partial charge is 0.119 e. The van der Waals surface area contributed by atoms with Crippen LogP contribution in [0.5, 0.6) is 5.75 Å². The molecule has 1 aliphatic heterocycles. The zero-order chi connectivity index (χ0) is 26.2. The summed E-state index contributed by atoms with van der Waals surface area (Å²) in [4.78, 5) is 2.89. The summed E-state index contributed by atoms with van der Waals surface area (Å²) in [5.74, 6) is 2.65. The molecular formula is C34H48N2O. The number of likely N-dealkylation sites (tertiary alicyclic amines) is 1. The van der Waals surface area contributed by atoms with Crippen molar-refractivity contribution in [1.29, 1.82) is 0 Å². The number of aryl methyl sites for hydroxylation is 1. The Morgan fingerprint density at radius 3 is 2.43 bits per heavy atom. The van der Waals surface area contributed by atoms with E-state index in [-0.39, 0.29) is 21.8 Å². The van der Waals surface area contributed by atoms with E-state index in [9.17, 15) is 0 Å². The fourth-order valence-electron chi connectivity index (χ4n) is 9.09. The average molecular weight is 501 g/mol. The molecule has 3 aliphatic carbocycles. The van der Waals surface area contributed by atoms with Gasteiger partial charge in [-0.25, -0.2) is 0 Å². The molecule has 5 atom stereocenters. The summed E-state index contributed by atoms with van der Waals surface area (Å²) in [6, 6.07) is 16.8. The van der Waals surface area contributed by atoms with Gasteiger partial charge in [-0.1, -0.05) is 45.9 Å². The van der Waals surface area contributed by atoms with E-state index >= 15 is 0 Å². The Bertz CT molecular complexity index is 1160. The van der Waals surface area contributed by atoms with Crippen LogP contribution in [0.4, 0.5) is 5.69 Å². The van der Waals surface area contributed by atoms with Gasteiger partial charge in [-0.2, -0.15) is 0 Å². The van der Waals surface area contributed by atoms with Gasteiger partial charge in [0, 0.05) is 34.6 Å². The Labute approximate surface area is 225 Å². The molecule has 1 unspecified atom stereocenters. The van der Waals surface area contributed by atoms with E-state index in [2.05, 4.69) is 94.2 Å². The number of ether oxygens (including phenoxy) is 1. The third-order valence-electron chi connectivity index (χ3n) is 11.2. The first kappa shape index (κ1) is 25.3. The average Bonchev–Trinajstić information content (AvgIpc) is 3.79. The molecule has 1 N–H and O–H groups in total. The number of anilines is 1. The topological polar surface area (TPSA) is 24.5 Å². The number of nitrogens with zero attached hydrogens (tertiary/aromatic N) is 1. The lowest BCUT2D eigenvalue weighted by Crippen LogP contribution is -2.62. The maximum absolute atomic E-state index is 5.79. The zero-order valence-electron chi connectivity index (χ0n) is 24.3. The van der Waals surface area contributed by atoms with Gasteiger partial charge < -0.3 is 10.1 Å². The summed E-state index contributed by atoms with van der Waals surface area (Å²) in [6.45, 7) is 16.8. The van der Waals surface area contributed by atoms with E-state index in [4.69, 9.17) is 4.74 Å². The lowest BCUT2D eigenvalue weighted by Gasteiger charge is -2.59. The molecule has 1 saturated heterocycles. The monoisotopic (exact) mass is 500 g/mol. The second kappa shape index (κ2) is 8.50. The van der Waals surface area contributed by atoms with Crippen LogP contribution in [0, 0.1) is 24.2 Å². The molecule has 2 aromatic carbocycles. The lowest BCUT2D eigenvalue weighted by molar-refractivity contribution is -0.0554. The van der Waals surface area contributed by atoms with Crippen LogP contribution in [0.3, 0.4) is 0 Å². The predicted octanol–water partition coefficient (Wildman–Crippen LogP) is 7.71. The summed E-state index contributed by atoms with van der Waals surface area (Å²) in [5, 5.41) is 4.17. The van der Waals surface area contributed by atoms with Gasteiger partial charge in [-0.15, -0.1) is 0 Å². The van der Waals surface area contributed by atoms with E-state index in [0.717, 1.165) is 11.7 Å². The number of methoxy groups -OCH3 is 1. The van der Waals surface area contributed by atoms with E-state index in [1.807, 2.05) is 7.11 Å². The molecule has 4 fully saturated rings. The van der Waals surface area contributed by atoms with Gasteiger partial charge in [0.1, 0.15) is 5.75 Å². The molecule has 4 aliphatic rings. The van der Waals surface area contributed by atoms with E-state index < -0.39 is 0 Å². The second-order valence-electron chi connectivity index (χ2n) is 14.1. The highest BCUT2D eigenvalue weighted by Gasteiger charge is 2.79. The highest BCUT2D eigenvalue weighted by Crippen LogP contribution is 2.78. The van der Waals surface area contributed by atoms with Crippen molar-refractivity contribution in [1.82, 2.24) is 4.90 Å². The molecule has 1 heterocycles. The molecule has 3 nitrogen and oxygen atoms in total. The highest BCUT2D eigenvalue weighted by atomic mass is 16.5. The summed E-state index contributed by atoms with van der Waals surface area (Å²) in [6.07, 6.45) is 7.89. The molecule has 0 amide bonds. The van der Waals surface area contributed by atoms with Crippen LogP contribution in [0.1, 0.15) is 89.8 Å². The number of rotatable bonds is 7. The number of hydrogen-bond donors (Lipinski definition) is 1. The number of piperidine rings is 1. The lowest BCUT2D eigenvalue weighted by atomic mass is 9.51. The first-order chi connectivity index (χ1) is 17.6. The minimum Gasteiger partial charge on any atom is -0.497 e. The van der Waals surface area contributed by atoms with Crippen LogP contribution in [-0.2, 0) is 10.8 Å². The fourth-order valence-corrected chi connectivity index (χ4v) is 9.09. The molecule has 0 spiro atoms. The molecule has 0 radical (unpaired) electrons. The number of hydrogen-bond acceptors (Lipinski definition) is 3. The van der Waals surface area contributed by atoms with E-state index in [0.29, 0.717) is 12.0 Å². The maximum Gasteiger partial charge on any atom is 0.119 e. The Morgan fingerprint density at radius 2 is 1.81 bits per heavy atom. The first-order valence-electron chi connectivity index (χ1n) is 14.9. The summed E-state index contributed by atoms with van der Waals surface area (Å²) >= 11 is 0. The van der Waals surface area contributed by atoms with Crippen molar-refractivity contribution < 1.29 is 4.74 Å². The molecular weight excluding hydrogens is 452 g/mol. The minimum absolute atomic E-state index is 0.182. The van der Waals surface area contributed by atoms with Crippen molar-refractivity contribution in [3.8, 4) is 5.75 Å². The van der Waals surface area contributed by atoms with Crippen LogP contribution >= 0.6 is 0 Å². The van der Waals surface area contributed by atoms with Gasteiger partial charge >= 0.3 is 0 Å². The van der Waals surface area contributed by atoms with E-state index in [1.165, 1.54) is 68.4 Å². The molecule has 37 heavy (non-hydrogen) atoms. The maximum atomic E-state index is 5.79. The van der Waals surface area contributed by atoms with Crippen LogP contribution < -0.4 is 10.1 Å². The van der Waals surface area contributed by atoms with Gasteiger partial charge in [0.05, 0.1) is 7.11 Å². The van der Waals surface area contributed by atoms with Gasteiger partial charge in [0.25, 0.3) is 0 Å². The van der Waals surface area contributed by atoms with Crippen LogP contribution in [0.2, 0.25) is 0 Å². The Kier molecular flexibility index (Phi) is 5.81. The van der Waals surface area contributed by atoms with Crippen LogP contribution in [0.15, 0.2) is 42.5 Å². The number of nitrogens with one attached hydrogen (secondary N) is 1. The van der Waals surface area contributed by atoms with Crippen LogP contribution in [0.25, 0.3) is 0 Å². The largest absolute Gasteiger partial charge is 0.497 e. The standard InChI is InChI=1S/C34H48N2O/c1-8-34-24(3)36(21-25-10-11-25)18-17-32(34,29-19-28(37-7)16-9-23(29)2)22-33(20-30(33)34)35-27-14-12-26(13-15-27)31(4,5)6/h9,12-16,19,24-25,30,35H,8,10-11,17-18,20-22H2,1-7H3/t24-,30?,32-,33-,34+/m1/s1. The predicted molar refractivity (Wildman–Crippen MR) is 155 cm³/mol. The molecule has 2 aromatic rings. The summed E-state index contributed by atoms with van der Waals surface area (Å²) < 4.78 is 5.79. The SMILES string of the molecule is CC[C@]12C3C[C@@]3(Nc3ccc(C(C)(C)C)cc3)C[C@@]1(c1cc(OC)ccc1C)CCN(CC1CC1)[C@@H]2C. The second-order valence-corrected chi connectivity index (χ2v) is 14.1. The first-order valence-corrected chi connectivity index (χ1v) is 14.9. The third-order valence-corrected chi connectivity index (χ3v) is 11.2. The highest BCUT2D eigenvalue weighted by molar-refractivity contribution is 5.56. The quantitative estimate of drug-likeness (QED) is 0.421. The van der Waals surface area contributed by atoms with Crippen molar-refractivity contribution in [2.24, 2.45) is 17.3 Å². The van der Waals surface area contributed by atoms with Crippen molar-refractivity contribution in [3.63, 3.8) is 0 Å². The number of benzene rings is 2. The third kappa shape index (κ3) is 3.78. The van der Waals surface area contributed by atoms with Crippen LogP contribution in [-0.4, -0.2) is 36.7 Å². The van der Waals surface area contributed by atoms with Crippen molar-refractivity contribution in [2.75, 3.05) is 25.5 Å². The fraction of sp³-hybridized carbons (Fsp3) is 0.647. The van der Waals surface area contributed by atoms with E-state index in [1.54, 1.807) is 5.56 Å². The molecule has 200 valence electrons. The zero-order valence-corrected chi connectivity index (χ0v) is 24.3. The van der Waals surface area contributed by atoms with Crippen molar-refractivity contribution >= 4 is 5.69 Å². The Hall–Kier alpha value is -2.00. The number of fused-ring (bicyclic) bond motifs is 3. The molecule has 6 rings (SSSR count). The van der Waals surface area contributed by atoms with Crippen molar-refractivity contribution in [2.45, 2.75) is 102 Å². The molecule has 0 aromatic heterocycles. The van der Waals surface area contributed by atoms with Gasteiger partial charge in [0.15, 0.2) is 0 Å². The molecule has 3 saturated carbocycles.